The molecule has 2 aliphatic heterocycles. The highest BCUT2D eigenvalue weighted by Crippen LogP contribution is 2.36. The lowest BCUT2D eigenvalue weighted by Crippen LogP contribution is -2.52. The highest BCUT2D eigenvalue weighted by atomic mass is 16.3. The molecule has 1 aromatic heterocycles. The van der Waals surface area contributed by atoms with E-state index in [0.29, 0.717) is 6.54 Å². The van der Waals surface area contributed by atoms with Crippen molar-refractivity contribution in [1.29, 1.82) is 0 Å². The number of nitrogens with one attached hydrogen (secondary N) is 1. The molecule has 0 radical (unpaired) electrons. The monoisotopic (exact) mass is 457 g/mol. The number of rotatable bonds is 5. The molecular formula is C29H35N3O2. The van der Waals surface area contributed by atoms with E-state index in [9.17, 15) is 4.79 Å². The minimum Gasteiger partial charge on any atom is -0.465 e. The second-order valence-corrected chi connectivity index (χ2v) is 9.48. The molecule has 0 saturated carbocycles. The molecule has 2 aliphatic rings. The molecule has 1 unspecified atom stereocenters. The molecule has 178 valence electrons. The lowest BCUT2D eigenvalue weighted by atomic mass is 9.89. The average molecular weight is 458 g/mol. The first-order chi connectivity index (χ1) is 16.7. The van der Waals surface area contributed by atoms with Gasteiger partial charge in [-0.15, -0.1) is 0 Å². The van der Waals surface area contributed by atoms with Gasteiger partial charge in [-0.3, -0.25) is 4.90 Å². The van der Waals surface area contributed by atoms with E-state index in [1.54, 1.807) is 0 Å². The molecule has 0 aliphatic carbocycles. The number of carbonyl (C=O) groups excluding carboxylic acids is 1. The number of fused-ring (bicyclic) bond motifs is 1. The Morgan fingerprint density at radius 2 is 1.68 bits per heavy atom. The van der Waals surface area contributed by atoms with Crippen LogP contribution in [0.5, 0.6) is 0 Å². The van der Waals surface area contributed by atoms with Crippen molar-refractivity contribution in [2.75, 3.05) is 19.6 Å². The molecule has 1 fully saturated rings. The van der Waals surface area contributed by atoms with Crippen molar-refractivity contribution in [2.45, 2.75) is 57.7 Å². The number of urea groups is 1. The molecule has 5 rings (SSSR count). The van der Waals surface area contributed by atoms with Crippen LogP contribution in [0.3, 0.4) is 0 Å². The molecule has 2 aromatic carbocycles. The highest BCUT2D eigenvalue weighted by molar-refractivity contribution is 5.76. The number of nitrogens with zero attached hydrogens (tertiary/aromatic N) is 2. The summed E-state index contributed by atoms with van der Waals surface area (Å²) in [6.07, 6.45) is 4.78. The number of carbonyl (C=O) groups is 1. The van der Waals surface area contributed by atoms with Crippen LogP contribution in [0.15, 0.2) is 71.1 Å². The molecule has 3 aromatic rings. The lowest BCUT2D eigenvalue weighted by Gasteiger charge is -2.42. The third-order valence-corrected chi connectivity index (χ3v) is 7.27. The summed E-state index contributed by atoms with van der Waals surface area (Å²) in [5, 5.41) is 3.23. The maximum atomic E-state index is 13.6. The third kappa shape index (κ3) is 4.90. The first-order valence-corrected chi connectivity index (χ1v) is 12.7. The first kappa shape index (κ1) is 22.7. The Morgan fingerprint density at radius 1 is 0.941 bits per heavy atom. The number of furan rings is 1. The Hall–Kier alpha value is -3.05. The van der Waals surface area contributed by atoms with Gasteiger partial charge in [0.1, 0.15) is 11.5 Å². The quantitative estimate of drug-likeness (QED) is 0.546. The van der Waals surface area contributed by atoms with Crippen LogP contribution in [0, 0.1) is 0 Å². The van der Waals surface area contributed by atoms with E-state index >= 15 is 0 Å². The summed E-state index contributed by atoms with van der Waals surface area (Å²) in [4.78, 5) is 18.2. The lowest BCUT2D eigenvalue weighted by molar-refractivity contribution is 0.0980. The fourth-order valence-electron chi connectivity index (χ4n) is 5.49. The Kier molecular flexibility index (Phi) is 7.00. The number of amides is 2. The molecule has 5 nitrogen and oxygen atoms in total. The molecule has 5 heteroatoms. The van der Waals surface area contributed by atoms with E-state index in [1.165, 1.54) is 16.7 Å². The highest BCUT2D eigenvalue weighted by Gasteiger charge is 2.36. The van der Waals surface area contributed by atoms with Crippen molar-refractivity contribution in [3.05, 3.63) is 94.9 Å². The van der Waals surface area contributed by atoms with Gasteiger partial charge < -0.3 is 14.6 Å². The number of aryl methyl sites for hydroxylation is 2. The number of benzene rings is 2. The largest absolute Gasteiger partial charge is 0.465 e. The van der Waals surface area contributed by atoms with Crippen LogP contribution in [0.1, 0.15) is 60.4 Å². The number of likely N-dealkylation sites (tertiary alicyclic amines) is 1. The van der Waals surface area contributed by atoms with Crippen molar-refractivity contribution in [2.24, 2.45) is 0 Å². The van der Waals surface area contributed by atoms with Crippen molar-refractivity contribution < 1.29 is 9.21 Å². The van der Waals surface area contributed by atoms with Crippen molar-refractivity contribution >= 4 is 6.03 Å². The minimum absolute atomic E-state index is 0.0580. The normalized spacial score (nSPS) is 20.2. The van der Waals surface area contributed by atoms with E-state index in [1.807, 2.05) is 6.07 Å². The van der Waals surface area contributed by atoms with Gasteiger partial charge in [0.05, 0.1) is 12.6 Å². The smallest absolute Gasteiger partial charge is 0.318 e. The topological polar surface area (TPSA) is 48.7 Å². The summed E-state index contributed by atoms with van der Waals surface area (Å²) in [7, 11) is 0. The fourth-order valence-corrected chi connectivity index (χ4v) is 5.49. The van der Waals surface area contributed by atoms with E-state index in [0.717, 1.165) is 63.3 Å². The first-order valence-electron chi connectivity index (χ1n) is 12.7. The van der Waals surface area contributed by atoms with E-state index in [-0.39, 0.29) is 18.1 Å². The number of hydrogen-bond donors (Lipinski definition) is 1. The van der Waals surface area contributed by atoms with Crippen LogP contribution in [-0.4, -0.2) is 41.5 Å². The predicted octanol–water partition coefficient (Wildman–Crippen LogP) is 5.55. The molecule has 3 heterocycles. The van der Waals surface area contributed by atoms with Gasteiger partial charge in [0, 0.05) is 32.1 Å². The zero-order valence-corrected chi connectivity index (χ0v) is 20.1. The van der Waals surface area contributed by atoms with Gasteiger partial charge in [-0.1, -0.05) is 61.5 Å². The maximum Gasteiger partial charge on any atom is 0.318 e. The van der Waals surface area contributed by atoms with Gasteiger partial charge in [0.25, 0.3) is 0 Å². The van der Waals surface area contributed by atoms with Gasteiger partial charge in [-0.05, 0) is 54.5 Å². The second-order valence-electron chi connectivity index (χ2n) is 9.48. The third-order valence-electron chi connectivity index (χ3n) is 7.27. The summed E-state index contributed by atoms with van der Waals surface area (Å²) < 4.78 is 5.94. The fraction of sp³-hybridized carbons (Fsp3) is 0.414. The Morgan fingerprint density at radius 3 is 2.44 bits per heavy atom. The zero-order chi connectivity index (χ0) is 23.3. The van der Waals surface area contributed by atoms with Crippen molar-refractivity contribution in [3.63, 3.8) is 0 Å². The molecular weight excluding hydrogens is 422 g/mol. The Bertz CT molecular complexity index is 1090. The van der Waals surface area contributed by atoms with Crippen LogP contribution in [0.25, 0.3) is 0 Å². The van der Waals surface area contributed by atoms with Crippen LogP contribution in [0.2, 0.25) is 0 Å². The van der Waals surface area contributed by atoms with Gasteiger partial charge in [0.2, 0.25) is 0 Å². The molecule has 34 heavy (non-hydrogen) atoms. The summed E-state index contributed by atoms with van der Waals surface area (Å²) in [6, 6.07) is 23.6. The summed E-state index contributed by atoms with van der Waals surface area (Å²) in [6.45, 7) is 5.58. The second kappa shape index (κ2) is 10.5. The molecule has 1 saturated heterocycles. The van der Waals surface area contributed by atoms with Crippen LogP contribution in [0.4, 0.5) is 4.79 Å². The zero-order valence-electron chi connectivity index (χ0n) is 20.1. The molecule has 0 bridgehead atoms. The van der Waals surface area contributed by atoms with Gasteiger partial charge in [0.15, 0.2) is 0 Å². The van der Waals surface area contributed by atoms with E-state index < -0.39 is 0 Å². The molecule has 1 atom stereocenters. The molecule has 1 N–H and O–H groups in total. The molecule has 0 spiro atoms. The number of hydrogen-bond acceptors (Lipinski definition) is 3. The summed E-state index contributed by atoms with van der Waals surface area (Å²) in [5.74, 6) is 2.08. The van der Waals surface area contributed by atoms with Gasteiger partial charge in [-0.25, -0.2) is 4.79 Å². The summed E-state index contributed by atoms with van der Waals surface area (Å²) >= 11 is 0. The van der Waals surface area contributed by atoms with E-state index in [2.05, 4.69) is 82.7 Å². The van der Waals surface area contributed by atoms with Crippen molar-refractivity contribution in [3.8, 4) is 0 Å². The summed E-state index contributed by atoms with van der Waals surface area (Å²) in [5.41, 5.74) is 3.79. The van der Waals surface area contributed by atoms with E-state index in [4.69, 9.17) is 4.42 Å². The Labute approximate surface area is 202 Å². The maximum absolute atomic E-state index is 13.6. The van der Waals surface area contributed by atoms with Crippen LogP contribution >= 0.6 is 0 Å². The molecule has 2 amide bonds. The standard InChI is InChI=1S/C29H35N3O2/c1-2-25-14-15-26(34-25)21-31-19-16-24(17-20-31)32-28(23-10-4-3-5-11-23)27-13-7-6-9-22(27)12-8-18-30-29(32)33/h3-7,9-11,13-15,24,28H,2,8,12,16-21H2,1H3,(H,30,33). The van der Waals surface area contributed by atoms with Crippen molar-refractivity contribution in [1.82, 2.24) is 15.1 Å². The predicted molar refractivity (Wildman–Crippen MR) is 135 cm³/mol. The average Bonchev–Trinajstić information content (AvgIpc) is 3.35. The van der Waals surface area contributed by atoms with Crippen LogP contribution < -0.4 is 5.32 Å². The minimum atomic E-state index is -0.0794. The van der Waals surface area contributed by atoms with Gasteiger partial charge >= 0.3 is 6.03 Å². The van der Waals surface area contributed by atoms with Crippen LogP contribution in [-0.2, 0) is 19.4 Å². The van der Waals surface area contributed by atoms with Gasteiger partial charge in [-0.2, -0.15) is 0 Å². The Balaban J connectivity index is 1.41. The SMILES string of the molecule is CCc1ccc(CN2CCC(N3C(=O)NCCCc4ccccc4C3c3ccccc3)CC2)o1. The number of piperidine rings is 1.